The molecule has 2 heterocycles. The van der Waals surface area contributed by atoms with Gasteiger partial charge >= 0.3 is 5.97 Å². The summed E-state index contributed by atoms with van der Waals surface area (Å²) in [4.78, 5) is 29.2. The molecule has 4 rings (SSSR count). The van der Waals surface area contributed by atoms with Gasteiger partial charge in [-0.25, -0.2) is 9.78 Å². The van der Waals surface area contributed by atoms with E-state index >= 15 is 0 Å². The number of carbonyl (C=O) groups is 2. The molecule has 0 spiro atoms. The smallest absolute Gasteiger partial charge is 0.334 e. The van der Waals surface area contributed by atoms with E-state index < -0.39 is 11.9 Å². The van der Waals surface area contributed by atoms with Crippen LogP contribution in [0.1, 0.15) is 42.9 Å². The molecule has 1 aromatic carbocycles. The molecule has 6 nitrogen and oxygen atoms in total. The first-order valence-electron chi connectivity index (χ1n) is 9.14. The predicted molar refractivity (Wildman–Crippen MR) is 103 cm³/mol. The number of carboxylic acid groups (broad SMARTS) is 1. The maximum Gasteiger partial charge on any atom is 0.334 e. The van der Waals surface area contributed by atoms with E-state index in [1.54, 1.807) is 19.1 Å². The lowest BCUT2D eigenvalue weighted by Gasteiger charge is -2.35. The van der Waals surface area contributed by atoms with Crippen molar-refractivity contribution in [1.29, 1.82) is 0 Å². The molecule has 2 aliphatic rings. The molecule has 0 fully saturated rings. The van der Waals surface area contributed by atoms with E-state index in [0.29, 0.717) is 29.8 Å². The molecule has 28 heavy (non-hydrogen) atoms. The highest BCUT2D eigenvalue weighted by molar-refractivity contribution is 6.03. The van der Waals surface area contributed by atoms with E-state index in [9.17, 15) is 19.8 Å². The Hall–Kier alpha value is -3.41. The second-order valence-electron chi connectivity index (χ2n) is 7.15. The number of allylic oxidation sites excluding steroid dienone is 3. The number of nitrogens with one attached hydrogen (secondary N) is 1. The van der Waals surface area contributed by atoms with Gasteiger partial charge in [0.2, 0.25) is 5.88 Å². The van der Waals surface area contributed by atoms with Crippen molar-refractivity contribution >= 4 is 11.8 Å². The maximum atomic E-state index is 13.2. The van der Waals surface area contributed by atoms with Crippen LogP contribution in [0.3, 0.4) is 0 Å². The van der Waals surface area contributed by atoms with Crippen LogP contribution in [0.5, 0.6) is 5.88 Å². The fraction of sp³-hybridized carbons (Fsp3) is 0.227. The van der Waals surface area contributed by atoms with E-state index in [2.05, 4.69) is 10.3 Å². The lowest BCUT2D eigenvalue weighted by molar-refractivity contribution is -0.133. The summed E-state index contributed by atoms with van der Waals surface area (Å²) in [6, 6.07) is 14.5. The number of rotatable bonds is 3. The fourth-order valence-corrected chi connectivity index (χ4v) is 4.18. The van der Waals surface area contributed by atoms with Gasteiger partial charge in [-0.1, -0.05) is 36.4 Å². The van der Waals surface area contributed by atoms with Crippen molar-refractivity contribution in [1.82, 2.24) is 10.3 Å². The average molecular weight is 376 g/mol. The Bertz CT molecular complexity index is 1020. The van der Waals surface area contributed by atoms with Crippen molar-refractivity contribution in [2.24, 2.45) is 0 Å². The molecule has 1 aromatic heterocycles. The van der Waals surface area contributed by atoms with Gasteiger partial charge in [0.05, 0.1) is 17.2 Å². The Morgan fingerprint density at radius 1 is 1.11 bits per heavy atom. The summed E-state index contributed by atoms with van der Waals surface area (Å²) in [7, 11) is 0. The third-order valence-corrected chi connectivity index (χ3v) is 5.38. The number of pyridine rings is 1. The van der Waals surface area contributed by atoms with Crippen molar-refractivity contribution < 1.29 is 19.8 Å². The molecule has 0 radical (unpaired) electrons. The Morgan fingerprint density at radius 2 is 1.86 bits per heavy atom. The number of carboxylic acids is 1. The number of hydrogen-bond acceptors (Lipinski definition) is 5. The molecule has 0 saturated carbocycles. The van der Waals surface area contributed by atoms with Gasteiger partial charge in [0.25, 0.3) is 0 Å². The van der Waals surface area contributed by atoms with Crippen LogP contribution in [0.4, 0.5) is 0 Å². The van der Waals surface area contributed by atoms with Crippen LogP contribution < -0.4 is 5.32 Å². The van der Waals surface area contributed by atoms with Gasteiger partial charge in [-0.05, 0) is 30.9 Å². The standard InChI is InChI=1S/C22H20N2O4/c1-12-19(22(27)28)21(15-8-5-9-18(26)24-15)20-16(23-12)10-14(11-17(20)25)13-6-3-2-4-7-13/h2-9,14,21,23H,10-11H2,1H3,(H,24,26)(H,27,28). The Balaban J connectivity index is 1.82. The van der Waals surface area contributed by atoms with Crippen LogP contribution >= 0.6 is 0 Å². The van der Waals surface area contributed by atoms with Gasteiger partial charge in [0, 0.05) is 29.5 Å². The summed E-state index contributed by atoms with van der Waals surface area (Å²) in [5, 5.41) is 22.8. The van der Waals surface area contributed by atoms with Crippen LogP contribution in [0.15, 0.2) is 71.1 Å². The number of hydrogen-bond donors (Lipinski definition) is 3. The van der Waals surface area contributed by atoms with Gasteiger partial charge in [-0.3, -0.25) is 4.79 Å². The van der Waals surface area contributed by atoms with Crippen LogP contribution in [-0.4, -0.2) is 26.9 Å². The van der Waals surface area contributed by atoms with Gasteiger partial charge in [0.15, 0.2) is 5.78 Å². The summed E-state index contributed by atoms with van der Waals surface area (Å²) in [5.74, 6) is -2.17. The molecule has 0 amide bonds. The van der Waals surface area contributed by atoms with Gasteiger partial charge in [0.1, 0.15) is 0 Å². The lowest BCUT2D eigenvalue weighted by Crippen LogP contribution is -2.35. The number of aromatic nitrogens is 1. The molecule has 0 bridgehead atoms. The van der Waals surface area contributed by atoms with E-state index in [0.717, 1.165) is 11.3 Å². The molecule has 1 aliphatic carbocycles. The fourth-order valence-electron chi connectivity index (χ4n) is 4.18. The number of ketones is 1. The second-order valence-corrected chi connectivity index (χ2v) is 7.15. The zero-order valence-electron chi connectivity index (χ0n) is 15.3. The summed E-state index contributed by atoms with van der Waals surface area (Å²) < 4.78 is 0. The maximum absolute atomic E-state index is 13.2. The Kier molecular flexibility index (Phi) is 4.47. The van der Waals surface area contributed by atoms with E-state index in [4.69, 9.17) is 0 Å². The van der Waals surface area contributed by atoms with Gasteiger partial charge in [-0.2, -0.15) is 0 Å². The zero-order valence-corrected chi connectivity index (χ0v) is 15.3. The number of Topliss-reactive ketones (excluding diaryl/α,β-unsaturated/α-hetero) is 1. The zero-order chi connectivity index (χ0) is 19.8. The van der Waals surface area contributed by atoms with E-state index in [1.807, 2.05) is 30.3 Å². The molecule has 1 aliphatic heterocycles. The van der Waals surface area contributed by atoms with Crippen LogP contribution in [0.25, 0.3) is 0 Å². The summed E-state index contributed by atoms with van der Waals surface area (Å²) in [6.07, 6.45) is 0.927. The molecular formula is C22H20N2O4. The monoisotopic (exact) mass is 376 g/mol. The predicted octanol–water partition coefficient (Wildman–Crippen LogP) is 3.23. The molecule has 3 N–H and O–H groups in total. The SMILES string of the molecule is CC1=C(C(=O)O)C(c2cccc(O)n2)C2=C(CC(c3ccccc3)CC2=O)N1. The topological polar surface area (TPSA) is 99.5 Å². The molecule has 2 aromatic rings. The Morgan fingerprint density at radius 3 is 2.54 bits per heavy atom. The molecule has 2 atom stereocenters. The highest BCUT2D eigenvalue weighted by Crippen LogP contribution is 2.45. The van der Waals surface area contributed by atoms with Crippen molar-refractivity contribution in [3.63, 3.8) is 0 Å². The van der Waals surface area contributed by atoms with E-state index in [-0.39, 0.29) is 23.2 Å². The van der Waals surface area contributed by atoms with Gasteiger partial charge < -0.3 is 15.5 Å². The first-order valence-corrected chi connectivity index (χ1v) is 9.14. The minimum atomic E-state index is -1.11. The van der Waals surface area contributed by atoms with Crippen molar-refractivity contribution in [3.8, 4) is 5.88 Å². The minimum absolute atomic E-state index is 0.0388. The molecule has 2 unspecified atom stereocenters. The molecular weight excluding hydrogens is 356 g/mol. The number of nitrogens with zero attached hydrogens (tertiary/aromatic N) is 1. The van der Waals surface area contributed by atoms with Crippen LogP contribution in [-0.2, 0) is 9.59 Å². The summed E-state index contributed by atoms with van der Waals surface area (Å²) in [5.41, 5.74) is 3.20. The first-order chi connectivity index (χ1) is 13.5. The molecule has 142 valence electrons. The van der Waals surface area contributed by atoms with Crippen LogP contribution in [0.2, 0.25) is 0 Å². The van der Waals surface area contributed by atoms with Crippen molar-refractivity contribution in [3.05, 3.63) is 82.3 Å². The number of benzene rings is 1. The quantitative estimate of drug-likeness (QED) is 0.761. The minimum Gasteiger partial charge on any atom is -0.493 e. The highest BCUT2D eigenvalue weighted by atomic mass is 16.4. The lowest BCUT2D eigenvalue weighted by atomic mass is 9.73. The van der Waals surface area contributed by atoms with Crippen molar-refractivity contribution in [2.45, 2.75) is 31.6 Å². The van der Waals surface area contributed by atoms with Gasteiger partial charge in [-0.15, -0.1) is 0 Å². The number of dihydropyridines is 1. The summed E-state index contributed by atoms with van der Waals surface area (Å²) in [6.45, 7) is 1.69. The average Bonchev–Trinajstić information content (AvgIpc) is 2.67. The number of aromatic hydroxyl groups is 1. The largest absolute Gasteiger partial charge is 0.493 e. The molecule has 6 heteroatoms. The second kappa shape index (κ2) is 6.96. The first kappa shape index (κ1) is 18.0. The normalized spacial score (nSPS) is 22.0. The third-order valence-electron chi connectivity index (χ3n) is 5.38. The number of aliphatic carboxylic acids is 1. The van der Waals surface area contributed by atoms with Crippen LogP contribution in [0, 0.1) is 0 Å². The van der Waals surface area contributed by atoms with E-state index in [1.165, 1.54) is 6.07 Å². The Labute approximate surface area is 162 Å². The number of carbonyl (C=O) groups excluding carboxylic acids is 1. The van der Waals surface area contributed by atoms with Crippen molar-refractivity contribution in [2.75, 3.05) is 0 Å². The summed E-state index contributed by atoms with van der Waals surface area (Å²) >= 11 is 0. The highest BCUT2D eigenvalue weighted by Gasteiger charge is 2.41. The third kappa shape index (κ3) is 3.07. The molecule has 0 saturated heterocycles.